The number of methoxy groups -OCH3 is 1. The molecule has 2 aromatic rings. The van der Waals surface area contributed by atoms with Gasteiger partial charge in [-0.05, 0) is 30.2 Å². The predicted octanol–water partition coefficient (Wildman–Crippen LogP) is 3.21. The number of nitro groups is 1. The van der Waals surface area contributed by atoms with Gasteiger partial charge in [-0.25, -0.2) is 4.79 Å². The summed E-state index contributed by atoms with van der Waals surface area (Å²) in [6, 6.07) is 12.2. The molecule has 0 saturated carbocycles. The first-order valence-electron chi connectivity index (χ1n) is 8.18. The maximum Gasteiger partial charge on any atom is 0.414 e. The zero-order chi connectivity index (χ0) is 18.5. The van der Waals surface area contributed by atoms with Crippen LogP contribution < -0.4 is 15.0 Å². The summed E-state index contributed by atoms with van der Waals surface area (Å²) in [6.45, 7) is 1.23. The number of hydrogen-bond donors (Lipinski definition) is 1. The number of rotatable bonds is 7. The molecule has 0 spiro atoms. The highest BCUT2D eigenvalue weighted by molar-refractivity contribution is 5.94. The Morgan fingerprint density at radius 1 is 1.31 bits per heavy atom. The van der Waals surface area contributed by atoms with Crippen LogP contribution in [0.2, 0.25) is 0 Å². The number of amides is 1. The smallest absolute Gasteiger partial charge is 0.414 e. The highest BCUT2D eigenvalue weighted by Crippen LogP contribution is 2.32. The van der Waals surface area contributed by atoms with E-state index < -0.39 is 11.0 Å². The van der Waals surface area contributed by atoms with Crippen LogP contribution in [0.1, 0.15) is 5.56 Å². The molecule has 0 unspecified atom stereocenters. The highest BCUT2D eigenvalue weighted by Gasteiger charge is 2.27. The van der Waals surface area contributed by atoms with Crippen molar-refractivity contribution >= 4 is 23.2 Å². The molecule has 3 rings (SSSR count). The molecule has 1 aliphatic heterocycles. The van der Waals surface area contributed by atoms with Crippen LogP contribution in [0.4, 0.5) is 21.9 Å². The van der Waals surface area contributed by atoms with Crippen molar-refractivity contribution in [2.75, 3.05) is 37.0 Å². The van der Waals surface area contributed by atoms with E-state index in [-0.39, 0.29) is 12.3 Å². The van der Waals surface area contributed by atoms with Crippen LogP contribution in [0.5, 0.6) is 5.75 Å². The zero-order valence-corrected chi connectivity index (χ0v) is 14.3. The molecule has 0 aliphatic carbocycles. The van der Waals surface area contributed by atoms with E-state index in [0.29, 0.717) is 24.5 Å². The first kappa shape index (κ1) is 17.5. The van der Waals surface area contributed by atoms with Gasteiger partial charge in [0.15, 0.2) is 0 Å². The Bertz CT molecular complexity index is 824. The number of hydrogen-bond acceptors (Lipinski definition) is 6. The number of carbonyl (C=O) groups excluding carboxylic acids is 1. The summed E-state index contributed by atoms with van der Waals surface area (Å²) < 4.78 is 10.2. The number of nitrogens with one attached hydrogen (secondary N) is 1. The second-order valence-corrected chi connectivity index (χ2v) is 5.75. The summed E-state index contributed by atoms with van der Waals surface area (Å²) >= 11 is 0. The Kier molecular flexibility index (Phi) is 5.21. The van der Waals surface area contributed by atoms with Crippen molar-refractivity contribution in [3.63, 3.8) is 0 Å². The van der Waals surface area contributed by atoms with E-state index in [1.807, 2.05) is 24.3 Å². The first-order valence-corrected chi connectivity index (χ1v) is 8.18. The third-order valence-corrected chi connectivity index (χ3v) is 4.11. The molecule has 26 heavy (non-hydrogen) atoms. The van der Waals surface area contributed by atoms with Crippen LogP contribution in [0.3, 0.4) is 0 Å². The summed E-state index contributed by atoms with van der Waals surface area (Å²) in [5, 5.41) is 14.3. The third-order valence-electron chi connectivity index (χ3n) is 4.11. The molecule has 8 nitrogen and oxygen atoms in total. The van der Waals surface area contributed by atoms with Gasteiger partial charge in [0.25, 0.3) is 5.69 Å². The Balaban J connectivity index is 1.75. The van der Waals surface area contributed by atoms with E-state index in [1.54, 1.807) is 13.2 Å². The average Bonchev–Trinajstić information content (AvgIpc) is 3.07. The maximum absolute atomic E-state index is 11.9. The van der Waals surface area contributed by atoms with Gasteiger partial charge < -0.3 is 14.8 Å². The predicted molar refractivity (Wildman–Crippen MR) is 97.0 cm³/mol. The van der Waals surface area contributed by atoms with Crippen LogP contribution in [0.15, 0.2) is 42.5 Å². The van der Waals surface area contributed by atoms with E-state index in [0.717, 1.165) is 17.7 Å². The molecular formula is C18H19N3O5. The summed E-state index contributed by atoms with van der Waals surface area (Å²) in [6.07, 6.45) is 0.235. The van der Waals surface area contributed by atoms with Crippen LogP contribution >= 0.6 is 0 Å². The third kappa shape index (κ3) is 3.85. The fourth-order valence-electron chi connectivity index (χ4n) is 2.79. The number of ether oxygens (including phenoxy) is 2. The number of non-ortho nitro benzene ring substituents is 1. The molecule has 136 valence electrons. The standard InChI is InChI=1S/C18H19N3O5/c1-25-15-4-2-3-13(11-15)7-8-19-16-6-5-14(21(23)24)12-17(16)20-9-10-26-18(20)22/h2-6,11-12,19H,7-10H2,1H3. The minimum absolute atomic E-state index is 0.0713. The number of nitro benzene ring substituents is 1. The molecule has 0 radical (unpaired) electrons. The fourth-order valence-corrected chi connectivity index (χ4v) is 2.79. The van der Waals surface area contributed by atoms with Crippen molar-refractivity contribution in [2.45, 2.75) is 6.42 Å². The van der Waals surface area contributed by atoms with Gasteiger partial charge in [-0.2, -0.15) is 0 Å². The fraction of sp³-hybridized carbons (Fsp3) is 0.278. The largest absolute Gasteiger partial charge is 0.497 e. The van der Waals surface area contributed by atoms with Gasteiger partial charge in [0.1, 0.15) is 12.4 Å². The molecule has 1 aliphatic rings. The second-order valence-electron chi connectivity index (χ2n) is 5.75. The van der Waals surface area contributed by atoms with Crippen molar-refractivity contribution in [1.29, 1.82) is 0 Å². The van der Waals surface area contributed by atoms with Crippen LogP contribution in [-0.2, 0) is 11.2 Å². The van der Waals surface area contributed by atoms with E-state index in [9.17, 15) is 14.9 Å². The van der Waals surface area contributed by atoms with Gasteiger partial charge in [-0.3, -0.25) is 15.0 Å². The molecule has 1 saturated heterocycles. The molecule has 1 fully saturated rings. The van der Waals surface area contributed by atoms with E-state index in [1.165, 1.54) is 17.0 Å². The van der Waals surface area contributed by atoms with Crippen LogP contribution in [0.25, 0.3) is 0 Å². The van der Waals surface area contributed by atoms with Gasteiger partial charge in [-0.15, -0.1) is 0 Å². The van der Waals surface area contributed by atoms with Gasteiger partial charge in [0.2, 0.25) is 0 Å². The Hall–Kier alpha value is -3.29. The van der Waals surface area contributed by atoms with Crippen molar-refractivity contribution in [2.24, 2.45) is 0 Å². The van der Waals surface area contributed by atoms with E-state index in [2.05, 4.69) is 5.32 Å². The molecule has 2 aromatic carbocycles. The highest BCUT2D eigenvalue weighted by atomic mass is 16.6. The Morgan fingerprint density at radius 2 is 2.15 bits per heavy atom. The van der Waals surface area contributed by atoms with Crippen molar-refractivity contribution in [3.8, 4) is 5.75 Å². The van der Waals surface area contributed by atoms with Gasteiger partial charge in [0.05, 0.1) is 30.0 Å². The number of cyclic esters (lactones) is 1. The Morgan fingerprint density at radius 3 is 2.85 bits per heavy atom. The van der Waals surface area contributed by atoms with Crippen molar-refractivity contribution in [1.82, 2.24) is 0 Å². The molecule has 0 atom stereocenters. The van der Waals surface area contributed by atoms with E-state index >= 15 is 0 Å². The molecule has 1 N–H and O–H groups in total. The lowest BCUT2D eigenvalue weighted by Gasteiger charge is -2.18. The Labute approximate surface area is 150 Å². The average molecular weight is 357 g/mol. The topological polar surface area (TPSA) is 93.9 Å². The summed E-state index contributed by atoms with van der Waals surface area (Å²) in [5.74, 6) is 0.790. The summed E-state index contributed by atoms with van der Waals surface area (Å²) in [4.78, 5) is 23.8. The van der Waals surface area contributed by atoms with Crippen LogP contribution in [0, 0.1) is 10.1 Å². The molecule has 1 heterocycles. The van der Waals surface area contributed by atoms with E-state index in [4.69, 9.17) is 9.47 Å². The first-order chi connectivity index (χ1) is 12.6. The minimum atomic E-state index is -0.499. The monoisotopic (exact) mass is 357 g/mol. The lowest BCUT2D eigenvalue weighted by molar-refractivity contribution is -0.384. The number of carbonyl (C=O) groups is 1. The maximum atomic E-state index is 11.9. The molecular weight excluding hydrogens is 338 g/mol. The van der Waals surface area contributed by atoms with Gasteiger partial charge in [0, 0.05) is 18.7 Å². The summed E-state index contributed by atoms with van der Waals surface area (Å²) in [5.41, 5.74) is 2.13. The molecule has 0 aromatic heterocycles. The minimum Gasteiger partial charge on any atom is -0.497 e. The number of anilines is 2. The van der Waals surface area contributed by atoms with Crippen molar-refractivity contribution in [3.05, 3.63) is 58.1 Å². The van der Waals surface area contributed by atoms with Gasteiger partial charge >= 0.3 is 6.09 Å². The van der Waals surface area contributed by atoms with Crippen LogP contribution in [-0.4, -0.2) is 37.8 Å². The molecule has 0 bridgehead atoms. The SMILES string of the molecule is COc1cccc(CCNc2ccc([N+](=O)[O-])cc2N2CCOC2=O)c1. The molecule has 8 heteroatoms. The molecule has 1 amide bonds. The van der Waals surface area contributed by atoms with Gasteiger partial charge in [-0.1, -0.05) is 12.1 Å². The number of nitrogens with zero attached hydrogens (tertiary/aromatic N) is 2. The quantitative estimate of drug-likeness (QED) is 0.604. The lowest BCUT2D eigenvalue weighted by atomic mass is 10.1. The normalized spacial score (nSPS) is 13.4. The lowest BCUT2D eigenvalue weighted by Crippen LogP contribution is -2.24. The summed E-state index contributed by atoms with van der Waals surface area (Å²) in [7, 11) is 1.62. The number of benzene rings is 2. The zero-order valence-electron chi connectivity index (χ0n) is 14.3. The van der Waals surface area contributed by atoms with Crippen molar-refractivity contribution < 1.29 is 19.2 Å². The second kappa shape index (κ2) is 7.73.